The molecule has 1 aliphatic rings. The molecule has 0 aliphatic carbocycles. The van der Waals surface area contributed by atoms with E-state index in [1.54, 1.807) is 32.4 Å². The van der Waals surface area contributed by atoms with Crippen molar-refractivity contribution in [1.29, 1.82) is 0 Å². The molecular weight excluding hydrogens is 556 g/mol. The zero-order chi connectivity index (χ0) is 34.8. The lowest BCUT2D eigenvalue weighted by Gasteiger charge is -2.37. The Morgan fingerprint density at radius 2 is 1.61 bits per heavy atom. The van der Waals surface area contributed by atoms with Gasteiger partial charge in [0.2, 0.25) is 12.3 Å². The number of likely N-dealkylation sites (tertiary alicyclic amines) is 1. The first-order valence-corrected chi connectivity index (χ1v) is 16.6. The highest BCUT2D eigenvalue weighted by Crippen LogP contribution is 2.32. The topological polar surface area (TPSA) is 105 Å². The number of carbonyl (C=O) groups excluding carboxylic acids is 2. The maximum atomic E-state index is 13.1. The SMILES string of the molecule is C=C/C(=C\C=C/C)CC(NC=O)C(=O)O.CC.CCC.CCC(C)C(C)C(CC(=O)N1C(C)CCC1C(OC)C(C)C)OC. The Labute approximate surface area is 270 Å². The summed E-state index contributed by atoms with van der Waals surface area (Å²) in [6.07, 6.45) is 12.6. The van der Waals surface area contributed by atoms with Crippen molar-refractivity contribution in [2.75, 3.05) is 14.2 Å². The zero-order valence-electron chi connectivity index (χ0n) is 30.4. The van der Waals surface area contributed by atoms with Crippen LogP contribution in [-0.2, 0) is 23.9 Å². The molecule has 2 amide bonds. The fourth-order valence-corrected chi connectivity index (χ4v) is 5.12. The van der Waals surface area contributed by atoms with Gasteiger partial charge in [0.1, 0.15) is 6.04 Å². The molecule has 7 atom stereocenters. The Kier molecular flexibility index (Phi) is 29.3. The van der Waals surface area contributed by atoms with Crippen LogP contribution >= 0.6 is 0 Å². The Morgan fingerprint density at radius 1 is 1.05 bits per heavy atom. The van der Waals surface area contributed by atoms with Gasteiger partial charge in [-0.2, -0.15) is 0 Å². The number of carboxylic acid groups (broad SMARTS) is 1. The average molecular weight is 625 g/mol. The minimum absolute atomic E-state index is 0.0130. The molecule has 8 heteroatoms. The number of methoxy groups -OCH3 is 2. The quantitative estimate of drug-likeness (QED) is 0.134. The van der Waals surface area contributed by atoms with E-state index in [9.17, 15) is 14.4 Å². The molecule has 0 aromatic heterocycles. The molecule has 0 radical (unpaired) electrons. The molecule has 7 unspecified atom stereocenters. The van der Waals surface area contributed by atoms with Gasteiger partial charge in [0.05, 0.1) is 24.7 Å². The monoisotopic (exact) mass is 625 g/mol. The molecule has 44 heavy (non-hydrogen) atoms. The average Bonchev–Trinajstić information content (AvgIpc) is 3.38. The molecule has 0 spiro atoms. The molecule has 1 saturated heterocycles. The van der Waals surface area contributed by atoms with E-state index >= 15 is 0 Å². The van der Waals surface area contributed by atoms with Crippen LogP contribution in [0.5, 0.6) is 0 Å². The van der Waals surface area contributed by atoms with E-state index in [0.717, 1.165) is 24.8 Å². The second kappa shape index (κ2) is 28.1. The first-order chi connectivity index (χ1) is 20.8. The summed E-state index contributed by atoms with van der Waals surface area (Å²) in [7, 11) is 3.49. The summed E-state index contributed by atoms with van der Waals surface area (Å²) >= 11 is 0. The number of aliphatic carboxylic acids is 1. The van der Waals surface area contributed by atoms with Crippen molar-refractivity contribution in [3.8, 4) is 0 Å². The van der Waals surface area contributed by atoms with E-state index in [4.69, 9.17) is 14.6 Å². The first-order valence-electron chi connectivity index (χ1n) is 16.6. The van der Waals surface area contributed by atoms with Crippen LogP contribution in [0.3, 0.4) is 0 Å². The number of carbonyl (C=O) groups is 3. The third-order valence-electron chi connectivity index (χ3n) is 7.89. The maximum absolute atomic E-state index is 13.1. The van der Waals surface area contributed by atoms with Crippen LogP contribution < -0.4 is 5.32 Å². The minimum atomic E-state index is -1.06. The number of hydrogen-bond acceptors (Lipinski definition) is 5. The smallest absolute Gasteiger partial charge is 0.326 e. The second-order valence-corrected chi connectivity index (χ2v) is 11.5. The highest BCUT2D eigenvalue weighted by atomic mass is 16.5. The van der Waals surface area contributed by atoms with Gasteiger partial charge < -0.3 is 24.8 Å². The number of carboxylic acids is 1. The van der Waals surface area contributed by atoms with Crippen LogP contribution in [0, 0.1) is 17.8 Å². The van der Waals surface area contributed by atoms with Crippen LogP contribution in [0.4, 0.5) is 0 Å². The summed E-state index contributed by atoms with van der Waals surface area (Å²) in [4.78, 5) is 36.1. The standard InChI is InChI=1S/C20H39NO3.C11H15NO3.C3H8.C2H6/c1-9-14(4)16(6)18(23-7)12-19(22)21-15(5)10-11-17(21)20(24-8)13(2)3;1-3-5-6-9(4-2)7-10(11(14)15)12-8-13;1-3-2;1-2/h13-18,20H,9-12H2,1-8H3;3-6,8,10H,2,7H2,1H3,(H,12,13)(H,14,15);3H2,1-2H3;1-2H3/b;5-3-,9-6+;;. The largest absolute Gasteiger partial charge is 0.480 e. The predicted octanol–water partition coefficient (Wildman–Crippen LogP) is 7.83. The van der Waals surface area contributed by atoms with E-state index < -0.39 is 12.0 Å². The van der Waals surface area contributed by atoms with Gasteiger partial charge in [0, 0.05) is 26.7 Å². The third-order valence-corrected chi connectivity index (χ3v) is 7.89. The molecule has 0 bridgehead atoms. The van der Waals surface area contributed by atoms with Crippen LogP contribution in [0.2, 0.25) is 0 Å². The summed E-state index contributed by atoms with van der Waals surface area (Å²) in [6, 6.07) is -0.429. The number of nitrogens with one attached hydrogen (secondary N) is 1. The van der Waals surface area contributed by atoms with Gasteiger partial charge in [-0.3, -0.25) is 9.59 Å². The lowest BCUT2D eigenvalue weighted by molar-refractivity contribution is -0.141. The van der Waals surface area contributed by atoms with E-state index in [-0.39, 0.29) is 36.6 Å². The summed E-state index contributed by atoms with van der Waals surface area (Å²) in [5, 5.41) is 11.0. The molecule has 8 nitrogen and oxygen atoms in total. The Balaban J connectivity index is -0.000000720. The van der Waals surface area contributed by atoms with Crippen LogP contribution in [0.1, 0.15) is 115 Å². The zero-order valence-corrected chi connectivity index (χ0v) is 30.4. The summed E-state index contributed by atoms with van der Waals surface area (Å²) in [5.41, 5.74) is 0.759. The van der Waals surface area contributed by atoms with Gasteiger partial charge >= 0.3 is 5.97 Å². The van der Waals surface area contributed by atoms with E-state index in [0.29, 0.717) is 30.6 Å². The van der Waals surface area contributed by atoms with Gasteiger partial charge in [-0.25, -0.2) is 4.79 Å². The molecule has 0 aromatic carbocycles. The molecule has 1 heterocycles. The normalized spacial score (nSPS) is 19.6. The first kappa shape index (κ1) is 46.0. The van der Waals surface area contributed by atoms with Crippen molar-refractivity contribution >= 4 is 18.3 Å². The number of amides is 2. The molecule has 0 aromatic rings. The van der Waals surface area contributed by atoms with Crippen molar-refractivity contribution in [2.24, 2.45) is 17.8 Å². The van der Waals surface area contributed by atoms with E-state index in [2.05, 4.69) is 72.2 Å². The molecule has 1 rings (SSSR count). The van der Waals surface area contributed by atoms with Crippen molar-refractivity contribution in [3.63, 3.8) is 0 Å². The number of hydrogen-bond donors (Lipinski definition) is 2. The lowest BCUT2D eigenvalue weighted by atomic mass is 9.87. The van der Waals surface area contributed by atoms with E-state index in [1.165, 1.54) is 6.42 Å². The number of rotatable bonds is 16. The van der Waals surface area contributed by atoms with Crippen molar-refractivity contribution in [2.45, 2.75) is 145 Å². The van der Waals surface area contributed by atoms with Gasteiger partial charge in [-0.1, -0.05) is 106 Å². The van der Waals surface area contributed by atoms with Crippen molar-refractivity contribution in [3.05, 3.63) is 36.5 Å². The van der Waals surface area contributed by atoms with Gasteiger partial charge in [-0.05, 0) is 50.0 Å². The summed E-state index contributed by atoms with van der Waals surface area (Å²) in [5.74, 6) is 0.489. The van der Waals surface area contributed by atoms with Gasteiger partial charge in [0.25, 0.3) is 0 Å². The summed E-state index contributed by atoms with van der Waals surface area (Å²) < 4.78 is 11.4. The van der Waals surface area contributed by atoms with Crippen molar-refractivity contribution < 1.29 is 29.0 Å². The molecule has 1 fully saturated rings. The molecule has 2 N–H and O–H groups in total. The highest BCUT2D eigenvalue weighted by molar-refractivity contribution is 5.78. The van der Waals surface area contributed by atoms with Crippen molar-refractivity contribution in [1.82, 2.24) is 10.2 Å². The molecule has 1 aliphatic heterocycles. The summed E-state index contributed by atoms with van der Waals surface area (Å²) in [6.45, 7) is 26.8. The van der Waals surface area contributed by atoms with Crippen LogP contribution in [0.15, 0.2) is 36.5 Å². The minimum Gasteiger partial charge on any atom is -0.480 e. The number of nitrogens with zero attached hydrogens (tertiary/aromatic N) is 1. The Hall–Kier alpha value is -2.45. The lowest BCUT2D eigenvalue weighted by Crippen LogP contribution is -2.49. The molecule has 0 saturated carbocycles. The maximum Gasteiger partial charge on any atom is 0.326 e. The second-order valence-electron chi connectivity index (χ2n) is 11.5. The van der Waals surface area contributed by atoms with Crippen LogP contribution in [-0.4, -0.2) is 72.8 Å². The molecular formula is C36H68N2O6. The highest BCUT2D eigenvalue weighted by Gasteiger charge is 2.41. The fourth-order valence-electron chi connectivity index (χ4n) is 5.12. The van der Waals surface area contributed by atoms with Gasteiger partial charge in [0.15, 0.2) is 0 Å². The predicted molar refractivity (Wildman–Crippen MR) is 185 cm³/mol. The van der Waals surface area contributed by atoms with Crippen LogP contribution in [0.25, 0.3) is 0 Å². The Bertz CT molecular complexity index is 825. The van der Waals surface area contributed by atoms with E-state index in [1.807, 2.05) is 26.8 Å². The number of allylic oxidation sites excluding steroid dienone is 4. The number of ether oxygens (including phenoxy) is 2. The van der Waals surface area contributed by atoms with Gasteiger partial charge in [-0.15, -0.1) is 0 Å². The Morgan fingerprint density at radius 3 is 2.00 bits per heavy atom. The molecule has 258 valence electrons. The fraction of sp³-hybridized carbons (Fsp3) is 0.750. The third kappa shape index (κ3) is 17.7.